The van der Waals surface area contributed by atoms with Crippen molar-refractivity contribution in [2.75, 3.05) is 53.1 Å². The van der Waals surface area contributed by atoms with Crippen LogP contribution in [0.2, 0.25) is 0 Å². The van der Waals surface area contributed by atoms with Crippen LogP contribution in [0.25, 0.3) is 0 Å². The van der Waals surface area contributed by atoms with Gasteiger partial charge in [0.1, 0.15) is 0 Å². The number of aliphatic hydroxyl groups is 1. The molecule has 4 amide bonds. The quantitative estimate of drug-likeness (QED) is 0.252. The van der Waals surface area contributed by atoms with Gasteiger partial charge in [0.25, 0.3) is 0 Å². The van der Waals surface area contributed by atoms with Crippen molar-refractivity contribution in [3.8, 4) is 0 Å². The summed E-state index contributed by atoms with van der Waals surface area (Å²) < 4.78 is 15.3. The number of methoxy groups -OCH3 is 1. The number of alkyl carbamates (subject to hydrolysis) is 2. The number of rotatable bonds is 2. The van der Waals surface area contributed by atoms with E-state index in [1.54, 1.807) is 4.90 Å². The van der Waals surface area contributed by atoms with Crippen molar-refractivity contribution in [3.63, 3.8) is 0 Å². The van der Waals surface area contributed by atoms with Crippen molar-refractivity contribution >= 4 is 41.5 Å². The molecular weight excluding hydrogens is 773 g/mol. The van der Waals surface area contributed by atoms with Crippen LogP contribution in [0.1, 0.15) is 119 Å². The molecule has 15 heteroatoms. The smallest absolute Gasteiger partial charge is 0.407 e. The Morgan fingerprint density at radius 1 is 0.683 bits per heavy atom. The van der Waals surface area contributed by atoms with E-state index in [1.165, 1.54) is 7.11 Å². The molecule has 0 spiro atoms. The van der Waals surface area contributed by atoms with Crippen molar-refractivity contribution < 1.29 is 52.9 Å². The summed E-state index contributed by atoms with van der Waals surface area (Å²) in [4.78, 5) is 92.3. The van der Waals surface area contributed by atoms with Gasteiger partial charge in [-0.2, -0.15) is 0 Å². The van der Waals surface area contributed by atoms with Gasteiger partial charge in [-0.25, -0.2) is 9.59 Å². The van der Waals surface area contributed by atoms with Crippen LogP contribution >= 0.6 is 0 Å². The van der Waals surface area contributed by atoms with Gasteiger partial charge in [-0.15, -0.1) is 0 Å². The molecule has 4 aliphatic heterocycles. The highest BCUT2D eigenvalue weighted by Crippen LogP contribution is 2.66. The maximum atomic E-state index is 13.4. The number of hydrogen-bond acceptors (Lipinski definition) is 11. The van der Waals surface area contributed by atoms with Crippen molar-refractivity contribution in [2.45, 2.75) is 131 Å². The normalized spacial score (nSPS) is 35.5. The van der Waals surface area contributed by atoms with Gasteiger partial charge in [-0.05, 0) is 91.8 Å². The van der Waals surface area contributed by atoms with E-state index in [0.29, 0.717) is 89.4 Å². The third-order valence-corrected chi connectivity index (χ3v) is 14.8. The van der Waals surface area contributed by atoms with Crippen molar-refractivity contribution in [3.05, 3.63) is 0 Å². The highest BCUT2D eigenvalue weighted by molar-refractivity contribution is 5.94. The summed E-state index contributed by atoms with van der Waals surface area (Å²) >= 11 is 0. The molecule has 10 atom stereocenters. The first kappa shape index (κ1) is 47.3. The Bertz CT molecular complexity index is 1580. The summed E-state index contributed by atoms with van der Waals surface area (Å²) in [5.41, 5.74) is 0.146. The Balaban J connectivity index is 0.000000228. The van der Waals surface area contributed by atoms with Crippen LogP contribution in [0.5, 0.6) is 0 Å². The van der Waals surface area contributed by atoms with Crippen LogP contribution < -0.4 is 10.6 Å². The lowest BCUT2D eigenvalue weighted by molar-refractivity contribution is -0.149. The van der Waals surface area contributed by atoms with E-state index in [0.717, 1.165) is 19.3 Å². The summed E-state index contributed by atoms with van der Waals surface area (Å²) in [7, 11) is 1.33. The molecule has 0 radical (unpaired) electrons. The number of Topliss-reactive ketones (excluding diaryl/α,β-unsaturated/α-hetero) is 2. The van der Waals surface area contributed by atoms with Crippen LogP contribution in [0.4, 0.5) is 9.59 Å². The first-order chi connectivity index (χ1) is 28.4. The molecule has 0 aromatic rings. The second-order valence-electron chi connectivity index (χ2n) is 19.6. The Labute approximate surface area is 356 Å². The number of ether oxygens (including phenoxy) is 3. The molecule has 3 N–H and O–H groups in total. The average Bonchev–Trinajstić information content (AvgIpc) is 3.67. The van der Waals surface area contributed by atoms with Gasteiger partial charge in [-0.1, -0.05) is 54.4 Å². The molecular formula is C45H72N4O11. The second kappa shape index (κ2) is 20.4. The Morgan fingerprint density at radius 3 is 1.58 bits per heavy atom. The number of ketones is 2. The van der Waals surface area contributed by atoms with E-state index in [4.69, 9.17) is 14.2 Å². The number of carbonyl (C=O) groups excluding carboxylic acids is 7. The van der Waals surface area contributed by atoms with E-state index in [9.17, 15) is 38.7 Å². The number of fused-ring (bicyclic) bond motifs is 6. The Kier molecular flexibility index (Phi) is 16.1. The van der Waals surface area contributed by atoms with Gasteiger partial charge in [0.15, 0.2) is 11.6 Å². The third kappa shape index (κ3) is 11.0. The number of esters is 1. The number of hydrogen-bond donors (Lipinski definition) is 3. The average molecular weight is 845 g/mol. The second-order valence-corrected chi connectivity index (χ2v) is 19.6. The monoisotopic (exact) mass is 845 g/mol. The summed E-state index contributed by atoms with van der Waals surface area (Å²) in [6, 6.07) is -0.813. The highest BCUT2D eigenvalue weighted by Gasteiger charge is 2.70. The van der Waals surface area contributed by atoms with E-state index in [2.05, 4.69) is 38.3 Å². The molecule has 60 heavy (non-hydrogen) atoms. The molecule has 15 nitrogen and oxygen atoms in total. The topological polar surface area (TPSA) is 198 Å². The molecule has 0 bridgehead atoms. The highest BCUT2D eigenvalue weighted by atomic mass is 16.6. The molecule has 0 aromatic heterocycles. The number of nitrogens with zero attached hydrogens (tertiary/aromatic N) is 2. The summed E-state index contributed by atoms with van der Waals surface area (Å²) in [5.74, 6) is -0.310. The first-order valence-electron chi connectivity index (χ1n) is 22.6. The van der Waals surface area contributed by atoms with Gasteiger partial charge >= 0.3 is 18.2 Å². The summed E-state index contributed by atoms with van der Waals surface area (Å²) in [6.45, 7) is 15.2. The van der Waals surface area contributed by atoms with Crippen LogP contribution in [0.3, 0.4) is 0 Å². The zero-order valence-electron chi connectivity index (χ0n) is 37.1. The molecule has 4 saturated heterocycles. The lowest BCUT2D eigenvalue weighted by Gasteiger charge is -2.32. The molecule has 6 rings (SSSR count). The molecule has 6 fully saturated rings. The van der Waals surface area contributed by atoms with E-state index < -0.39 is 30.1 Å². The zero-order chi connectivity index (χ0) is 43.9. The summed E-state index contributed by atoms with van der Waals surface area (Å²) in [6.07, 6.45) is 6.13. The van der Waals surface area contributed by atoms with E-state index in [-0.39, 0.29) is 96.1 Å². The SMILES string of the molecule is COC(=O)[C@@H]1CCCCNC(=O)OCCC[C@H](C)C(=O)N2C[C@H]3[C@@H]([C@H]2C(=O)C1)C3(C)C.C[C@H]1CCCOC(=O)NCCCC[C@@H](CO)CC(=O)[C@@H]2[C@@H]3[C@H](CN2C1=O)C3(C)C. The minimum absolute atomic E-state index is 0.0234. The van der Waals surface area contributed by atoms with Gasteiger partial charge in [0, 0.05) is 57.5 Å². The third-order valence-electron chi connectivity index (χ3n) is 14.8. The molecule has 6 aliphatic rings. The van der Waals surface area contributed by atoms with Crippen LogP contribution in [0, 0.1) is 58.2 Å². The van der Waals surface area contributed by atoms with Crippen LogP contribution in [0.15, 0.2) is 0 Å². The zero-order valence-corrected chi connectivity index (χ0v) is 37.1. The van der Waals surface area contributed by atoms with Gasteiger partial charge in [0.2, 0.25) is 11.8 Å². The molecule has 2 saturated carbocycles. The van der Waals surface area contributed by atoms with Crippen molar-refractivity contribution in [2.24, 2.45) is 58.2 Å². The lowest BCUT2D eigenvalue weighted by Crippen LogP contribution is -2.48. The predicted molar refractivity (Wildman–Crippen MR) is 221 cm³/mol. The minimum Gasteiger partial charge on any atom is -0.469 e. The first-order valence-corrected chi connectivity index (χ1v) is 22.6. The van der Waals surface area contributed by atoms with Gasteiger partial charge in [-0.3, -0.25) is 24.0 Å². The maximum Gasteiger partial charge on any atom is 0.407 e. The molecule has 0 aromatic carbocycles. The Hall–Kier alpha value is -3.75. The fraction of sp³-hybridized carbons (Fsp3) is 0.844. The van der Waals surface area contributed by atoms with Crippen molar-refractivity contribution in [1.29, 1.82) is 0 Å². The van der Waals surface area contributed by atoms with E-state index in [1.807, 2.05) is 18.7 Å². The number of amides is 4. The molecule has 338 valence electrons. The standard InChI is InChI=1S/C23H36N2O6.C22H36N2O5/c1-14-8-7-11-31-22(29)24-10-6-5-9-15(21(28)30-4)12-17(26)19-18-16(23(18,2)3)13-25(19)20(14)27;1-14-7-6-10-29-21(28)23-9-5-4-8-15(13-25)11-17(26)19-18-16(22(18,2)3)12-24(19)20(14)27/h14-16,18-19H,5-13H2,1-4H3,(H,24,29);14-16,18-19,25H,4-13H2,1-3H3,(H,23,28)/t2*14-,15+,16-,18-,19+/m00/s1. The number of nitrogens with one attached hydrogen (secondary N) is 2. The Morgan fingerprint density at radius 2 is 1.13 bits per heavy atom. The van der Waals surface area contributed by atoms with Gasteiger partial charge < -0.3 is 39.8 Å². The van der Waals surface area contributed by atoms with Crippen LogP contribution in [-0.2, 0) is 38.2 Å². The summed E-state index contributed by atoms with van der Waals surface area (Å²) in [5, 5.41) is 15.2. The molecule has 2 aliphatic carbocycles. The van der Waals surface area contributed by atoms with Crippen molar-refractivity contribution in [1.82, 2.24) is 20.4 Å². The largest absolute Gasteiger partial charge is 0.469 e. The lowest BCUT2D eigenvalue weighted by atomic mass is 9.89. The van der Waals surface area contributed by atoms with E-state index >= 15 is 0 Å². The number of aliphatic hydroxyl groups excluding tert-OH is 1. The molecule has 4 heterocycles. The minimum atomic E-state index is -0.532. The maximum absolute atomic E-state index is 13.4. The molecule has 0 unspecified atom stereocenters. The fourth-order valence-corrected chi connectivity index (χ4v) is 10.7. The van der Waals surface area contributed by atoms with Gasteiger partial charge in [0.05, 0.1) is 38.3 Å². The van der Waals surface area contributed by atoms with Crippen LogP contribution in [-0.4, -0.2) is 122 Å². The predicted octanol–water partition coefficient (Wildman–Crippen LogP) is 4.91. The fourth-order valence-electron chi connectivity index (χ4n) is 10.7. The number of cyclic esters (lactones) is 2. The number of carbonyl (C=O) groups is 7. The number of piperidine rings is 2.